The normalized spacial score (nSPS) is 22.2. The molecule has 5 heteroatoms. The highest BCUT2D eigenvalue weighted by Crippen LogP contribution is 2.20. The first-order chi connectivity index (χ1) is 9.24. The second kappa shape index (κ2) is 6.54. The predicted molar refractivity (Wildman–Crippen MR) is 73.4 cm³/mol. The van der Waals surface area contributed by atoms with E-state index >= 15 is 0 Å². The summed E-state index contributed by atoms with van der Waals surface area (Å²) in [7, 11) is 1.84. The minimum Gasteiger partial charge on any atom is -0.494 e. The van der Waals surface area contributed by atoms with Gasteiger partial charge in [0.2, 0.25) is 5.91 Å². The summed E-state index contributed by atoms with van der Waals surface area (Å²) in [6, 6.07) is 7.49. The number of hydrogen-bond acceptors (Lipinski definition) is 4. The highest BCUT2D eigenvalue weighted by atomic mass is 16.5. The lowest BCUT2D eigenvalue weighted by atomic mass is 10.0. The summed E-state index contributed by atoms with van der Waals surface area (Å²) in [5.74, 6) is 0.583. The number of carbonyl (C=O) groups excluding carboxylic acids is 1. The van der Waals surface area contributed by atoms with Crippen LogP contribution in [0.15, 0.2) is 24.3 Å². The van der Waals surface area contributed by atoms with E-state index in [2.05, 4.69) is 10.6 Å². The molecule has 2 atom stereocenters. The number of carbonyl (C=O) groups is 1. The Balaban J connectivity index is 2.00. The lowest BCUT2D eigenvalue weighted by Gasteiger charge is -2.16. The molecule has 2 unspecified atom stereocenters. The fraction of sp³-hybridized carbons (Fsp3) is 0.500. The lowest BCUT2D eigenvalue weighted by molar-refractivity contribution is -0.120. The molecule has 0 bridgehead atoms. The Morgan fingerprint density at radius 2 is 2.32 bits per heavy atom. The van der Waals surface area contributed by atoms with Crippen molar-refractivity contribution in [2.75, 3.05) is 32.2 Å². The molecule has 104 valence electrons. The molecule has 5 nitrogen and oxygen atoms in total. The van der Waals surface area contributed by atoms with Crippen molar-refractivity contribution in [1.29, 1.82) is 0 Å². The molecule has 1 aromatic rings. The van der Waals surface area contributed by atoms with Gasteiger partial charge in [0.1, 0.15) is 5.75 Å². The Morgan fingerprint density at radius 1 is 1.47 bits per heavy atom. The zero-order valence-corrected chi connectivity index (χ0v) is 11.3. The van der Waals surface area contributed by atoms with E-state index in [1.54, 1.807) is 0 Å². The van der Waals surface area contributed by atoms with Gasteiger partial charge in [0.25, 0.3) is 0 Å². The van der Waals surface area contributed by atoms with E-state index in [0.29, 0.717) is 19.8 Å². The summed E-state index contributed by atoms with van der Waals surface area (Å²) in [5.41, 5.74) is 0.748. The summed E-state index contributed by atoms with van der Waals surface area (Å²) in [4.78, 5) is 12.2. The molecule has 0 radical (unpaired) electrons. The van der Waals surface area contributed by atoms with Crippen LogP contribution < -0.4 is 15.4 Å². The quantitative estimate of drug-likeness (QED) is 0.840. The van der Waals surface area contributed by atoms with Crippen LogP contribution in [0.5, 0.6) is 5.75 Å². The van der Waals surface area contributed by atoms with Crippen molar-refractivity contribution in [3.05, 3.63) is 24.3 Å². The van der Waals surface area contributed by atoms with Crippen LogP contribution in [-0.2, 0) is 9.53 Å². The average Bonchev–Trinajstić information content (AvgIpc) is 2.88. The van der Waals surface area contributed by atoms with Crippen molar-refractivity contribution in [2.24, 2.45) is 5.92 Å². The summed E-state index contributed by atoms with van der Waals surface area (Å²) >= 11 is 0. The molecule has 1 aliphatic heterocycles. The van der Waals surface area contributed by atoms with E-state index < -0.39 is 0 Å². The van der Waals surface area contributed by atoms with Crippen molar-refractivity contribution >= 4 is 11.6 Å². The molecule has 0 saturated carbocycles. The Kier molecular flexibility index (Phi) is 4.76. The third-order valence-electron chi connectivity index (χ3n) is 3.20. The van der Waals surface area contributed by atoms with Crippen molar-refractivity contribution in [1.82, 2.24) is 5.32 Å². The maximum atomic E-state index is 12.2. The molecule has 2 rings (SSSR count). The zero-order valence-electron chi connectivity index (χ0n) is 11.3. The second-order valence-electron chi connectivity index (χ2n) is 4.49. The number of nitrogens with one attached hydrogen (secondary N) is 2. The predicted octanol–water partition coefficient (Wildman–Crippen LogP) is 1.26. The van der Waals surface area contributed by atoms with Crippen molar-refractivity contribution in [2.45, 2.75) is 13.0 Å². The number of likely N-dealkylation sites (N-methyl/N-ethyl adjacent to an activating group) is 1. The maximum absolute atomic E-state index is 12.2. The number of amides is 1. The first-order valence-electron chi connectivity index (χ1n) is 6.53. The number of benzene rings is 1. The van der Waals surface area contributed by atoms with Crippen LogP contribution >= 0.6 is 0 Å². The molecule has 0 aliphatic carbocycles. The Morgan fingerprint density at radius 3 is 3.05 bits per heavy atom. The van der Waals surface area contributed by atoms with E-state index in [4.69, 9.17) is 9.47 Å². The third-order valence-corrected chi connectivity index (χ3v) is 3.20. The van der Waals surface area contributed by atoms with E-state index in [1.807, 2.05) is 38.2 Å². The third kappa shape index (κ3) is 3.45. The highest BCUT2D eigenvalue weighted by Gasteiger charge is 2.32. The van der Waals surface area contributed by atoms with E-state index in [9.17, 15) is 4.79 Å². The second-order valence-corrected chi connectivity index (χ2v) is 4.49. The van der Waals surface area contributed by atoms with Gasteiger partial charge in [-0.15, -0.1) is 0 Å². The molecule has 0 aromatic heterocycles. The van der Waals surface area contributed by atoms with Crippen LogP contribution in [0.3, 0.4) is 0 Å². The van der Waals surface area contributed by atoms with Gasteiger partial charge < -0.3 is 20.1 Å². The van der Waals surface area contributed by atoms with Gasteiger partial charge in [0, 0.05) is 17.8 Å². The van der Waals surface area contributed by atoms with Gasteiger partial charge in [-0.1, -0.05) is 6.07 Å². The summed E-state index contributed by atoms with van der Waals surface area (Å²) in [6.45, 7) is 3.57. The number of ether oxygens (including phenoxy) is 2. The Labute approximate surface area is 113 Å². The van der Waals surface area contributed by atoms with E-state index in [1.165, 1.54) is 0 Å². The SMILES string of the molecule is CCOc1cccc(NC(=O)C2COCC2NC)c1. The topological polar surface area (TPSA) is 59.6 Å². The van der Waals surface area contributed by atoms with Gasteiger partial charge >= 0.3 is 0 Å². The molecule has 2 N–H and O–H groups in total. The monoisotopic (exact) mass is 264 g/mol. The molecule has 0 spiro atoms. The number of anilines is 1. The standard InChI is InChI=1S/C14H20N2O3/c1-3-19-11-6-4-5-10(7-11)16-14(17)12-8-18-9-13(12)15-2/h4-7,12-13,15H,3,8-9H2,1-2H3,(H,16,17). The summed E-state index contributed by atoms with van der Waals surface area (Å²) in [6.07, 6.45) is 0. The number of hydrogen-bond donors (Lipinski definition) is 2. The van der Waals surface area contributed by atoms with Crippen LogP contribution in [0.4, 0.5) is 5.69 Å². The van der Waals surface area contributed by atoms with Crippen LogP contribution in [0, 0.1) is 5.92 Å². The lowest BCUT2D eigenvalue weighted by Crippen LogP contribution is -2.39. The molecule has 1 fully saturated rings. The van der Waals surface area contributed by atoms with Gasteiger partial charge in [-0.2, -0.15) is 0 Å². The van der Waals surface area contributed by atoms with Crippen molar-refractivity contribution < 1.29 is 14.3 Å². The van der Waals surface area contributed by atoms with Gasteiger partial charge in [-0.3, -0.25) is 4.79 Å². The van der Waals surface area contributed by atoms with Crippen LogP contribution in [-0.4, -0.2) is 38.8 Å². The van der Waals surface area contributed by atoms with Gasteiger partial charge in [0.15, 0.2) is 0 Å². The van der Waals surface area contributed by atoms with Crippen molar-refractivity contribution in [3.8, 4) is 5.75 Å². The minimum atomic E-state index is -0.152. The Hall–Kier alpha value is -1.59. The molecule has 19 heavy (non-hydrogen) atoms. The first-order valence-corrected chi connectivity index (χ1v) is 6.53. The molecule has 1 aliphatic rings. The maximum Gasteiger partial charge on any atom is 0.231 e. The Bertz CT molecular complexity index is 436. The zero-order chi connectivity index (χ0) is 13.7. The molecule has 1 heterocycles. The van der Waals surface area contributed by atoms with Crippen LogP contribution in [0.2, 0.25) is 0 Å². The molecular weight excluding hydrogens is 244 g/mol. The fourth-order valence-corrected chi connectivity index (χ4v) is 2.16. The molecule has 1 aromatic carbocycles. The fourth-order valence-electron chi connectivity index (χ4n) is 2.16. The average molecular weight is 264 g/mol. The van der Waals surface area contributed by atoms with Crippen molar-refractivity contribution in [3.63, 3.8) is 0 Å². The minimum absolute atomic E-state index is 0.0227. The van der Waals surface area contributed by atoms with Crippen LogP contribution in [0.25, 0.3) is 0 Å². The number of rotatable bonds is 5. The van der Waals surface area contributed by atoms with Gasteiger partial charge in [-0.25, -0.2) is 0 Å². The van der Waals surface area contributed by atoms with Gasteiger partial charge in [-0.05, 0) is 26.1 Å². The summed E-state index contributed by atoms with van der Waals surface area (Å²) < 4.78 is 10.7. The smallest absolute Gasteiger partial charge is 0.231 e. The summed E-state index contributed by atoms with van der Waals surface area (Å²) in [5, 5.41) is 6.01. The van der Waals surface area contributed by atoms with Gasteiger partial charge in [0.05, 0.1) is 25.7 Å². The molecular formula is C14H20N2O3. The van der Waals surface area contributed by atoms with E-state index in [0.717, 1.165) is 11.4 Å². The molecule has 1 amide bonds. The highest BCUT2D eigenvalue weighted by molar-refractivity contribution is 5.93. The van der Waals surface area contributed by atoms with Crippen LogP contribution in [0.1, 0.15) is 6.92 Å². The first kappa shape index (κ1) is 13.8. The van der Waals surface area contributed by atoms with E-state index in [-0.39, 0.29) is 17.9 Å². The molecule has 1 saturated heterocycles. The largest absolute Gasteiger partial charge is 0.494 e.